The van der Waals surface area contributed by atoms with Crippen LogP contribution in [0, 0.1) is 0 Å². The van der Waals surface area contributed by atoms with E-state index in [1.54, 1.807) is 24.4 Å². The highest BCUT2D eigenvalue weighted by Gasteiger charge is 2.35. The van der Waals surface area contributed by atoms with Crippen molar-refractivity contribution >= 4 is 27.3 Å². The molecular weight excluding hydrogens is 318 g/mol. The average Bonchev–Trinajstić information content (AvgIpc) is 3.00. The van der Waals surface area contributed by atoms with Crippen molar-refractivity contribution in [3.8, 4) is 0 Å². The molecular formula is C12H14ClN3O4S. The predicted molar refractivity (Wildman–Crippen MR) is 75.8 cm³/mol. The number of aliphatic hydroxyl groups is 1. The van der Waals surface area contributed by atoms with Crippen molar-refractivity contribution < 1.29 is 18.3 Å². The van der Waals surface area contributed by atoms with Crippen LogP contribution >= 0.6 is 11.6 Å². The zero-order valence-electron chi connectivity index (χ0n) is 11.0. The van der Waals surface area contributed by atoms with E-state index in [9.17, 15) is 13.5 Å². The van der Waals surface area contributed by atoms with Gasteiger partial charge in [0.15, 0.2) is 10.2 Å². The molecule has 2 aromatic rings. The van der Waals surface area contributed by atoms with E-state index in [1.165, 1.54) is 4.40 Å². The lowest BCUT2D eigenvalue weighted by Gasteiger charge is -2.20. The maximum absolute atomic E-state index is 12.4. The van der Waals surface area contributed by atoms with E-state index in [1.807, 2.05) is 0 Å². The van der Waals surface area contributed by atoms with Gasteiger partial charge in [-0.2, -0.15) is 0 Å². The summed E-state index contributed by atoms with van der Waals surface area (Å²) in [5.74, 6) is 0. The van der Waals surface area contributed by atoms with E-state index in [0.29, 0.717) is 18.7 Å². The minimum Gasteiger partial charge on any atom is -0.386 e. The lowest BCUT2D eigenvalue weighted by atomic mass is 10.1. The molecule has 0 amide bonds. The fraction of sp³-hybridized carbons (Fsp3) is 0.417. The Kier molecular flexibility index (Phi) is 3.66. The third-order valence-electron chi connectivity index (χ3n) is 3.37. The van der Waals surface area contributed by atoms with Crippen LogP contribution in [-0.2, 0) is 14.8 Å². The van der Waals surface area contributed by atoms with Gasteiger partial charge in [-0.25, -0.2) is 18.1 Å². The van der Waals surface area contributed by atoms with Gasteiger partial charge in [0.05, 0.1) is 6.61 Å². The molecule has 1 saturated heterocycles. The SMILES string of the molecule is O=S(=O)(NCC1(O)CCOC1)c1c(Cl)nc2ccccn12. The molecule has 21 heavy (non-hydrogen) atoms. The Bertz CT molecular complexity index is 768. The lowest BCUT2D eigenvalue weighted by molar-refractivity contribution is 0.0314. The number of pyridine rings is 1. The Balaban J connectivity index is 1.91. The van der Waals surface area contributed by atoms with Gasteiger partial charge in [0.25, 0.3) is 10.0 Å². The summed E-state index contributed by atoms with van der Waals surface area (Å²) < 4.78 is 33.7. The summed E-state index contributed by atoms with van der Waals surface area (Å²) in [6, 6.07) is 5.08. The summed E-state index contributed by atoms with van der Waals surface area (Å²) in [4.78, 5) is 4.00. The topological polar surface area (TPSA) is 92.9 Å². The van der Waals surface area contributed by atoms with E-state index < -0.39 is 15.6 Å². The molecule has 2 N–H and O–H groups in total. The van der Waals surface area contributed by atoms with E-state index in [4.69, 9.17) is 16.3 Å². The molecule has 1 unspecified atom stereocenters. The summed E-state index contributed by atoms with van der Waals surface area (Å²) in [7, 11) is -3.90. The number of aromatic nitrogens is 2. The third kappa shape index (κ3) is 2.77. The van der Waals surface area contributed by atoms with Crippen molar-refractivity contribution in [3.63, 3.8) is 0 Å². The molecule has 0 spiro atoms. The van der Waals surface area contributed by atoms with Crippen LogP contribution in [0.5, 0.6) is 0 Å². The maximum Gasteiger partial charge on any atom is 0.259 e. The van der Waals surface area contributed by atoms with E-state index >= 15 is 0 Å². The van der Waals surface area contributed by atoms with Crippen LogP contribution < -0.4 is 4.72 Å². The minimum absolute atomic E-state index is 0.108. The number of nitrogens with zero attached hydrogens (tertiary/aromatic N) is 2. The zero-order valence-corrected chi connectivity index (χ0v) is 12.6. The molecule has 7 nitrogen and oxygen atoms in total. The number of halogens is 1. The average molecular weight is 332 g/mol. The second-order valence-corrected chi connectivity index (χ2v) is 7.03. The zero-order chi connectivity index (χ0) is 15.1. The van der Waals surface area contributed by atoms with Crippen molar-refractivity contribution in [3.05, 3.63) is 29.5 Å². The highest BCUT2D eigenvalue weighted by Crippen LogP contribution is 2.23. The molecule has 0 bridgehead atoms. The smallest absolute Gasteiger partial charge is 0.259 e. The van der Waals surface area contributed by atoms with Crippen LogP contribution in [-0.4, -0.2) is 48.3 Å². The molecule has 114 valence electrons. The fourth-order valence-electron chi connectivity index (χ4n) is 2.22. The van der Waals surface area contributed by atoms with Gasteiger partial charge in [0.2, 0.25) is 0 Å². The fourth-order valence-corrected chi connectivity index (χ4v) is 3.98. The highest BCUT2D eigenvalue weighted by atomic mass is 35.5. The Morgan fingerprint density at radius 3 is 3.05 bits per heavy atom. The van der Waals surface area contributed by atoms with Gasteiger partial charge < -0.3 is 9.84 Å². The number of imidazole rings is 1. The molecule has 1 fully saturated rings. The maximum atomic E-state index is 12.4. The molecule has 3 rings (SSSR count). The van der Waals surface area contributed by atoms with Gasteiger partial charge in [-0.1, -0.05) is 17.7 Å². The summed E-state index contributed by atoms with van der Waals surface area (Å²) in [6.45, 7) is 0.386. The minimum atomic E-state index is -3.90. The van der Waals surface area contributed by atoms with Crippen LogP contribution in [0.1, 0.15) is 6.42 Å². The number of hydrogen-bond donors (Lipinski definition) is 2. The van der Waals surface area contributed by atoms with Crippen LogP contribution in [0.2, 0.25) is 5.15 Å². The van der Waals surface area contributed by atoms with E-state index in [2.05, 4.69) is 9.71 Å². The number of hydrogen-bond acceptors (Lipinski definition) is 5. The first-order valence-electron chi connectivity index (χ1n) is 6.34. The van der Waals surface area contributed by atoms with Crippen LogP contribution in [0.15, 0.2) is 29.4 Å². The molecule has 3 heterocycles. The summed E-state index contributed by atoms with van der Waals surface area (Å²) >= 11 is 5.94. The molecule has 0 aromatic carbocycles. The predicted octanol–water partition coefficient (Wildman–Crippen LogP) is 0.417. The second-order valence-electron chi connectivity index (χ2n) is 4.99. The van der Waals surface area contributed by atoms with Gasteiger partial charge in [-0.15, -0.1) is 0 Å². The van der Waals surface area contributed by atoms with Gasteiger partial charge in [0, 0.05) is 25.8 Å². The van der Waals surface area contributed by atoms with Gasteiger partial charge >= 0.3 is 0 Å². The Labute approximate surface area is 126 Å². The summed E-state index contributed by atoms with van der Waals surface area (Å²) in [5.41, 5.74) is -0.745. The summed E-state index contributed by atoms with van der Waals surface area (Å²) in [6.07, 6.45) is 1.95. The summed E-state index contributed by atoms with van der Waals surface area (Å²) in [5, 5.41) is 9.88. The molecule has 2 aromatic heterocycles. The van der Waals surface area contributed by atoms with Crippen molar-refractivity contribution in [1.82, 2.24) is 14.1 Å². The first-order chi connectivity index (χ1) is 9.91. The van der Waals surface area contributed by atoms with Crippen molar-refractivity contribution in [2.45, 2.75) is 17.0 Å². The molecule has 0 radical (unpaired) electrons. The molecule has 1 atom stereocenters. The number of ether oxygens (including phenoxy) is 1. The Hall–Kier alpha value is -1.19. The van der Waals surface area contributed by atoms with E-state index in [-0.39, 0.29) is 23.3 Å². The first kappa shape index (κ1) is 14.7. The Morgan fingerprint density at radius 1 is 1.52 bits per heavy atom. The second kappa shape index (κ2) is 5.22. The van der Waals surface area contributed by atoms with Crippen molar-refractivity contribution in [2.75, 3.05) is 19.8 Å². The molecule has 1 aliphatic heterocycles. The monoisotopic (exact) mass is 331 g/mol. The third-order valence-corrected chi connectivity index (χ3v) is 5.17. The molecule has 0 saturated carbocycles. The standard InChI is InChI=1S/C12H14ClN3O4S/c13-10-11(16-5-2-1-3-9(16)15-10)21(18,19)14-7-12(17)4-6-20-8-12/h1-3,5,14,17H,4,6-8H2. The molecule has 1 aliphatic rings. The van der Waals surface area contributed by atoms with Crippen molar-refractivity contribution in [1.29, 1.82) is 0 Å². The number of nitrogens with one attached hydrogen (secondary N) is 1. The van der Waals surface area contributed by atoms with Crippen LogP contribution in [0.3, 0.4) is 0 Å². The van der Waals surface area contributed by atoms with Gasteiger partial charge in [0.1, 0.15) is 11.2 Å². The number of sulfonamides is 1. The van der Waals surface area contributed by atoms with Crippen LogP contribution in [0.4, 0.5) is 0 Å². The Morgan fingerprint density at radius 2 is 2.33 bits per heavy atom. The quantitative estimate of drug-likeness (QED) is 0.847. The van der Waals surface area contributed by atoms with Gasteiger partial charge in [-0.3, -0.25) is 4.40 Å². The van der Waals surface area contributed by atoms with E-state index in [0.717, 1.165) is 0 Å². The first-order valence-corrected chi connectivity index (χ1v) is 8.20. The highest BCUT2D eigenvalue weighted by molar-refractivity contribution is 7.89. The van der Waals surface area contributed by atoms with Gasteiger partial charge in [-0.05, 0) is 12.1 Å². The molecule has 9 heteroatoms. The van der Waals surface area contributed by atoms with Crippen LogP contribution in [0.25, 0.3) is 5.65 Å². The number of rotatable bonds is 4. The van der Waals surface area contributed by atoms with Crippen molar-refractivity contribution in [2.24, 2.45) is 0 Å². The largest absolute Gasteiger partial charge is 0.386 e. The number of fused-ring (bicyclic) bond motifs is 1. The normalized spacial score (nSPS) is 23.0. The molecule has 0 aliphatic carbocycles. The lowest BCUT2D eigenvalue weighted by Crippen LogP contribution is -2.43.